The lowest BCUT2D eigenvalue weighted by Gasteiger charge is -2.14. The van der Waals surface area contributed by atoms with Crippen molar-refractivity contribution in [2.75, 3.05) is 5.32 Å². The molecule has 1 aromatic rings. The van der Waals surface area contributed by atoms with E-state index in [9.17, 15) is 4.79 Å². The monoisotopic (exact) mass is 208 g/mol. The van der Waals surface area contributed by atoms with Gasteiger partial charge in [0.2, 0.25) is 0 Å². The fraction of sp³-hybridized carbons (Fsp3) is 0.400. The third kappa shape index (κ3) is 2.74. The van der Waals surface area contributed by atoms with E-state index in [1.807, 2.05) is 13.8 Å². The molecule has 5 heteroatoms. The van der Waals surface area contributed by atoms with Crippen LogP contribution in [0.4, 0.5) is 6.01 Å². The summed E-state index contributed by atoms with van der Waals surface area (Å²) in [5.74, 6) is 1.60. The predicted octanol–water partition coefficient (Wildman–Crippen LogP) is 1.44. The topological polar surface area (TPSA) is 75.4 Å². The highest BCUT2D eigenvalue weighted by Gasteiger charge is 2.15. The Balaban J connectivity index is 2.73. The quantitative estimate of drug-likeness (QED) is 0.732. The molecule has 0 radical (unpaired) electrons. The second kappa shape index (κ2) is 4.51. The summed E-state index contributed by atoms with van der Waals surface area (Å²) >= 11 is 0. The highest BCUT2D eigenvalue weighted by Crippen LogP contribution is 2.12. The number of nitrogens with zero attached hydrogens (tertiary/aromatic N) is 1. The number of anilines is 1. The molecular formula is C10H12N2O3. The minimum atomic E-state index is -1.13. The first-order valence-electron chi connectivity index (χ1n) is 4.46. The van der Waals surface area contributed by atoms with Gasteiger partial charge in [-0.2, -0.15) is 4.98 Å². The fourth-order valence-electron chi connectivity index (χ4n) is 0.972. The summed E-state index contributed by atoms with van der Waals surface area (Å²) in [5, 5.41) is 11.4. The van der Waals surface area contributed by atoms with E-state index in [0.717, 1.165) is 6.26 Å². The van der Waals surface area contributed by atoms with Crippen molar-refractivity contribution in [2.24, 2.45) is 5.92 Å². The van der Waals surface area contributed by atoms with Crippen molar-refractivity contribution in [3.63, 3.8) is 0 Å². The van der Waals surface area contributed by atoms with Crippen molar-refractivity contribution >= 4 is 12.0 Å². The van der Waals surface area contributed by atoms with Crippen LogP contribution in [0.5, 0.6) is 0 Å². The Bertz CT molecular complexity index is 390. The lowest BCUT2D eigenvalue weighted by Crippen LogP contribution is -2.23. The summed E-state index contributed by atoms with van der Waals surface area (Å²) in [5.41, 5.74) is -0.142. The molecule has 15 heavy (non-hydrogen) atoms. The average molecular weight is 208 g/mol. The first-order chi connectivity index (χ1) is 7.04. The maximum atomic E-state index is 10.5. The first kappa shape index (κ1) is 11.1. The molecule has 1 aromatic heterocycles. The number of carboxylic acid groups (broad SMARTS) is 1. The maximum Gasteiger partial charge on any atom is 0.357 e. The number of rotatable bonds is 4. The van der Waals surface area contributed by atoms with Crippen LogP contribution >= 0.6 is 0 Å². The van der Waals surface area contributed by atoms with E-state index in [2.05, 4.69) is 16.2 Å². The number of hydrogen-bond acceptors (Lipinski definition) is 4. The Hall–Kier alpha value is -1.96. The molecule has 0 saturated heterocycles. The SMILES string of the molecule is C#CC(Nc1nc(C(=O)O)co1)C(C)C. The van der Waals surface area contributed by atoms with Gasteiger partial charge in [0.05, 0.1) is 6.04 Å². The van der Waals surface area contributed by atoms with Gasteiger partial charge in [-0.3, -0.25) is 0 Å². The molecule has 0 aliphatic heterocycles. The largest absolute Gasteiger partial charge is 0.476 e. The molecule has 0 amide bonds. The number of hydrogen-bond donors (Lipinski definition) is 2. The van der Waals surface area contributed by atoms with Gasteiger partial charge in [0, 0.05) is 0 Å². The number of carbonyl (C=O) groups is 1. The molecule has 80 valence electrons. The van der Waals surface area contributed by atoms with Crippen molar-refractivity contribution in [1.82, 2.24) is 4.98 Å². The van der Waals surface area contributed by atoms with Crippen LogP contribution in [0.15, 0.2) is 10.7 Å². The van der Waals surface area contributed by atoms with Crippen molar-refractivity contribution in [2.45, 2.75) is 19.9 Å². The average Bonchev–Trinajstić information content (AvgIpc) is 2.61. The number of oxazole rings is 1. The van der Waals surface area contributed by atoms with Crippen molar-refractivity contribution < 1.29 is 14.3 Å². The molecule has 1 unspecified atom stereocenters. The van der Waals surface area contributed by atoms with Gasteiger partial charge >= 0.3 is 5.97 Å². The zero-order valence-corrected chi connectivity index (χ0v) is 8.52. The van der Waals surface area contributed by atoms with Crippen LogP contribution in [-0.4, -0.2) is 22.1 Å². The van der Waals surface area contributed by atoms with Crippen LogP contribution in [0.1, 0.15) is 24.3 Å². The van der Waals surface area contributed by atoms with Crippen LogP contribution in [0.3, 0.4) is 0 Å². The van der Waals surface area contributed by atoms with Crippen LogP contribution in [-0.2, 0) is 0 Å². The third-order valence-corrected chi connectivity index (χ3v) is 1.85. The standard InChI is InChI=1S/C10H12N2O3/c1-4-7(6(2)3)11-10-12-8(5-15-10)9(13)14/h1,5-7H,2-3H3,(H,11,12)(H,13,14). The van der Waals surface area contributed by atoms with Crippen LogP contribution in [0.2, 0.25) is 0 Å². The highest BCUT2D eigenvalue weighted by molar-refractivity contribution is 5.85. The molecule has 0 spiro atoms. The Morgan fingerprint density at radius 1 is 1.73 bits per heavy atom. The van der Waals surface area contributed by atoms with Crippen molar-refractivity contribution in [3.05, 3.63) is 12.0 Å². The number of aromatic nitrogens is 1. The molecule has 0 saturated carbocycles. The van der Waals surface area contributed by atoms with Crippen LogP contribution < -0.4 is 5.32 Å². The zero-order valence-electron chi connectivity index (χ0n) is 8.52. The second-order valence-corrected chi connectivity index (χ2v) is 3.38. The summed E-state index contributed by atoms with van der Waals surface area (Å²) in [6.07, 6.45) is 6.36. The van der Waals surface area contributed by atoms with E-state index >= 15 is 0 Å². The van der Waals surface area contributed by atoms with Gasteiger partial charge in [-0.15, -0.1) is 6.42 Å². The molecule has 0 fully saturated rings. The van der Waals surface area contributed by atoms with E-state index < -0.39 is 5.97 Å². The summed E-state index contributed by atoms with van der Waals surface area (Å²) in [6.45, 7) is 3.89. The van der Waals surface area contributed by atoms with Gasteiger partial charge in [0.25, 0.3) is 6.01 Å². The predicted molar refractivity (Wildman–Crippen MR) is 54.5 cm³/mol. The molecule has 1 atom stereocenters. The summed E-state index contributed by atoms with van der Waals surface area (Å²) < 4.78 is 4.91. The van der Waals surface area contributed by atoms with Gasteiger partial charge in [0.1, 0.15) is 6.26 Å². The molecule has 0 aromatic carbocycles. The van der Waals surface area contributed by atoms with Gasteiger partial charge in [-0.1, -0.05) is 19.8 Å². The highest BCUT2D eigenvalue weighted by atomic mass is 16.4. The van der Waals surface area contributed by atoms with E-state index in [1.165, 1.54) is 0 Å². The summed E-state index contributed by atoms with van der Waals surface area (Å²) in [6, 6.07) is -0.102. The molecule has 5 nitrogen and oxygen atoms in total. The van der Waals surface area contributed by atoms with Crippen molar-refractivity contribution in [1.29, 1.82) is 0 Å². The maximum absolute atomic E-state index is 10.5. The lowest BCUT2D eigenvalue weighted by atomic mass is 10.1. The number of terminal acetylenes is 1. The third-order valence-electron chi connectivity index (χ3n) is 1.85. The van der Waals surface area contributed by atoms with E-state index in [-0.39, 0.29) is 23.7 Å². The normalized spacial score (nSPS) is 12.1. The number of nitrogens with one attached hydrogen (secondary N) is 1. The molecule has 2 N–H and O–H groups in total. The Morgan fingerprint density at radius 3 is 2.80 bits per heavy atom. The Kier molecular flexibility index (Phi) is 3.34. The van der Waals surface area contributed by atoms with E-state index in [1.54, 1.807) is 0 Å². The molecule has 0 aliphatic carbocycles. The second-order valence-electron chi connectivity index (χ2n) is 3.38. The molecule has 0 bridgehead atoms. The summed E-state index contributed by atoms with van der Waals surface area (Å²) in [4.78, 5) is 14.2. The minimum absolute atomic E-state index is 0.129. The minimum Gasteiger partial charge on any atom is -0.476 e. The van der Waals surface area contributed by atoms with Gasteiger partial charge in [-0.25, -0.2) is 4.79 Å². The van der Waals surface area contributed by atoms with Crippen LogP contribution in [0.25, 0.3) is 0 Å². The first-order valence-corrected chi connectivity index (χ1v) is 4.46. The Labute approximate surface area is 87.5 Å². The smallest absolute Gasteiger partial charge is 0.357 e. The van der Waals surface area contributed by atoms with E-state index in [4.69, 9.17) is 15.9 Å². The molecule has 1 rings (SSSR count). The molecule has 1 heterocycles. The summed E-state index contributed by atoms with van der Waals surface area (Å²) in [7, 11) is 0. The number of carboxylic acids is 1. The molecule has 0 aliphatic rings. The fourth-order valence-corrected chi connectivity index (χ4v) is 0.972. The van der Waals surface area contributed by atoms with Gasteiger partial charge in [-0.05, 0) is 5.92 Å². The van der Waals surface area contributed by atoms with Crippen LogP contribution in [0, 0.1) is 18.3 Å². The Morgan fingerprint density at radius 2 is 2.40 bits per heavy atom. The zero-order chi connectivity index (χ0) is 11.4. The van der Waals surface area contributed by atoms with E-state index in [0.29, 0.717) is 0 Å². The van der Waals surface area contributed by atoms with Gasteiger partial charge < -0.3 is 14.8 Å². The van der Waals surface area contributed by atoms with Gasteiger partial charge in [0.15, 0.2) is 5.69 Å². The molecular weight excluding hydrogens is 196 g/mol. The number of aromatic carboxylic acids is 1. The van der Waals surface area contributed by atoms with Crippen molar-refractivity contribution in [3.8, 4) is 12.3 Å². The lowest BCUT2D eigenvalue weighted by molar-refractivity contribution is 0.0690.